The molecule has 0 aliphatic heterocycles. The Morgan fingerprint density at radius 1 is 1.00 bits per heavy atom. The van der Waals surface area contributed by atoms with E-state index in [1.54, 1.807) is 48.5 Å². The lowest BCUT2D eigenvalue weighted by Crippen LogP contribution is -2.13. The van der Waals surface area contributed by atoms with Crippen LogP contribution in [0.5, 0.6) is 0 Å². The Bertz CT molecular complexity index is 1020. The van der Waals surface area contributed by atoms with Gasteiger partial charge in [0.2, 0.25) is 0 Å². The third kappa shape index (κ3) is 5.41. The Labute approximate surface area is 170 Å². The molecule has 3 rings (SSSR count). The van der Waals surface area contributed by atoms with Crippen LogP contribution in [0.15, 0.2) is 80.6 Å². The zero-order chi connectivity index (χ0) is 19.2. The number of hydrogen-bond acceptors (Lipinski definition) is 4. The minimum atomic E-state index is -0.525. The Morgan fingerprint density at radius 2 is 1.63 bits per heavy atom. The van der Waals surface area contributed by atoms with Crippen LogP contribution in [0.1, 0.15) is 5.76 Å². The number of halogens is 2. The van der Waals surface area contributed by atoms with E-state index in [4.69, 9.17) is 27.6 Å². The quantitative estimate of drug-likeness (QED) is 0.393. The molecule has 1 heterocycles. The number of rotatable bonds is 5. The smallest absolute Gasteiger partial charge is 0.266 e. The molecule has 0 saturated heterocycles. The minimum Gasteiger partial charge on any atom is -0.450 e. The Balaban J connectivity index is 1.71. The maximum atomic E-state index is 12.3. The molecule has 7 heteroatoms. The van der Waals surface area contributed by atoms with Crippen LogP contribution in [0, 0.1) is 11.3 Å². The van der Waals surface area contributed by atoms with Gasteiger partial charge in [-0.3, -0.25) is 4.79 Å². The zero-order valence-electron chi connectivity index (χ0n) is 13.8. The molecule has 0 unspecified atom stereocenters. The van der Waals surface area contributed by atoms with Crippen molar-refractivity contribution >= 4 is 52.6 Å². The Kier molecular flexibility index (Phi) is 6.25. The van der Waals surface area contributed by atoms with Crippen molar-refractivity contribution in [1.82, 2.24) is 0 Å². The molecule has 1 N–H and O–H groups in total. The van der Waals surface area contributed by atoms with Gasteiger partial charge in [0.1, 0.15) is 17.4 Å². The molecule has 0 aliphatic rings. The highest BCUT2D eigenvalue weighted by molar-refractivity contribution is 7.99. The number of amides is 1. The maximum Gasteiger partial charge on any atom is 0.266 e. The SMILES string of the molecule is N#C/C(=C\c1ccc(Sc2ccc(Cl)cc2)o1)C(=O)Nc1ccc(Cl)cc1. The number of carbonyl (C=O) groups is 1. The van der Waals surface area contributed by atoms with Gasteiger partial charge < -0.3 is 9.73 Å². The molecule has 27 heavy (non-hydrogen) atoms. The number of nitrogens with one attached hydrogen (secondary N) is 1. The second kappa shape index (κ2) is 8.83. The standard InChI is InChI=1S/C20H12Cl2N2O2S/c21-14-1-5-16(6-2-14)24-20(25)13(12-23)11-17-7-10-19(26-17)27-18-8-3-15(22)4-9-18/h1-11H,(H,24,25)/b13-11+. The summed E-state index contributed by atoms with van der Waals surface area (Å²) < 4.78 is 5.67. The molecule has 1 amide bonds. The average molecular weight is 415 g/mol. The molecule has 0 saturated carbocycles. The van der Waals surface area contributed by atoms with E-state index in [0.29, 0.717) is 26.6 Å². The van der Waals surface area contributed by atoms with Crippen molar-refractivity contribution in [3.8, 4) is 6.07 Å². The highest BCUT2D eigenvalue weighted by Gasteiger charge is 2.11. The average Bonchev–Trinajstić information content (AvgIpc) is 3.10. The van der Waals surface area contributed by atoms with E-state index in [0.717, 1.165) is 4.90 Å². The Hall–Kier alpha value is -2.65. The fourth-order valence-corrected chi connectivity index (χ4v) is 3.14. The minimum absolute atomic E-state index is 0.0673. The molecule has 1 aromatic heterocycles. The normalized spacial score (nSPS) is 11.1. The van der Waals surface area contributed by atoms with Crippen molar-refractivity contribution in [2.45, 2.75) is 9.99 Å². The summed E-state index contributed by atoms with van der Waals surface area (Å²) in [5.74, 6) is -0.114. The Morgan fingerprint density at radius 3 is 2.26 bits per heavy atom. The summed E-state index contributed by atoms with van der Waals surface area (Å²) in [5, 5.41) is 13.8. The number of benzene rings is 2. The number of carbonyl (C=O) groups excluding carboxylic acids is 1. The van der Waals surface area contributed by atoms with Crippen molar-refractivity contribution in [1.29, 1.82) is 5.26 Å². The van der Waals surface area contributed by atoms with Gasteiger partial charge in [0, 0.05) is 26.7 Å². The molecule has 0 bridgehead atoms. The lowest BCUT2D eigenvalue weighted by molar-refractivity contribution is -0.112. The van der Waals surface area contributed by atoms with Crippen LogP contribution in [0.4, 0.5) is 5.69 Å². The second-order valence-electron chi connectivity index (χ2n) is 5.34. The van der Waals surface area contributed by atoms with Gasteiger partial charge in [0.25, 0.3) is 5.91 Å². The number of nitrogens with zero attached hydrogens (tertiary/aromatic N) is 1. The molecule has 134 valence electrons. The van der Waals surface area contributed by atoms with Crippen molar-refractivity contribution in [2.24, 2.45) is 0 Å². The molecular formula is C20H12Cl2N2O2S. The van der Waals surface area contributed by atoms with Crippen molar-refractivity contribution < 1.29 is 9.21 Å². The van der Waals surface area contributed by atoms with E-state index in [-0.39, 0.29) is 5.57 Å². The molecular weight excluding hydrogens is 403 g/mol. The fraction of sp³-hybridized carbons (Fsp3) is 0. The van der Waals surface area contributed by atoms with Crippen LogP contribution in [-0.4, -0.2) is 5.91 Å². The molecule has 4 nitrogen and oxygen atoms in total. The number of furan rings is 1. The monoisotopic (exact) mass is 414 g/mol. The highest BCUT2D eigenvalue weighted by Crippen LogP contribution is 2.30. The first-order valence-electron chi connectivity index (χ1n) is 7.75. The van der Waals surface area contributed by atoms with Gasteiger partial charge in [-0.1, -0.05) is 35.0 Å². The van der Waals surface area contributed by atoms with Gasteiger partial charge in [-0.05, 0) is 60.7 Å². The maximum absolute atomic E-state index is 12.3. The molecule has 0 spiro atoms. The summed E-state index contributed by atoms with van der Waals surface area (Å²) in [6.45, 7) is 0. The molecule has 0 atom stereocenters. The summed E-state index contributed by atoms with van der Waals surface area (Å²) in [6, 6.07) is 19.3. The zero-order valence-corrected chi connectivity index (χ0v) is 16.1. The van der Waals surface area contributed by atoms with Gasteiger partial charge in [0.05, 0.1) is 0 Å². The van der Waals surface area contributed by atoms with Crippen LogP contribution in [0.25, 0.3) is 6.08 Å². The summed E-state index contributed by atoms with van der Waals surface area (Å²) in [6.07, 6.45) is 1.40. The third-order valence-corrected chi connectivity index (χ3v) is 4.82. The van der Waals surface area contributed by atoms with E-state index < -0.39 is 5.91 Å². The predicted molar refractivity (Wildman–Crippen MR) is 108 cm³/mol. The van der Waals surface area contributed by atoms with Gasteiger partial charge in [-0.15, -0.1) is 0 Å². The summed E-state index contributed by atoms with van der Waals surface area (Å²) >= 11 is 13.1. The fourth-order valence-electron chi connectivity index (χ4n) is 2.11. The van der Waals surface area contributed by atoms with Crippen LogP contribution in [0.2, 0.25) is 10.0 Å². The first kappa shape index (κ1) is 19.1. The number of hydrogen-bond donors (Lipinski definition) is 1. The molecule has 3 aromatic rings. The predicted octanol–water partition coefficient (Wildman–Crippen LogP) is 6.28. The van der Waals surface area contributed by atoms with Crippen LogP contribution in [-0.2, 0) is 4.79 Å². The van der Waals surface area contributed by atoms with Crippen LogP contribution < -0.4 is 5.32 Å². The van der Waals surface area contributed by atoms with E-state index in [9.17, 15) is 10.1 Å². The second-order valence-corrected chi connectivity index (χ2v) is 7.29. The van der Waals surface area contributed by atoms with E-state index in [1.807, 2.05) is 18.2 Å². The van der Waals surface area contributed by atoms with Gasteiger partial charge in [0.15, 0.2) is 5.09 Å². The molecule has 0 aliphatic carbocycles. The van der Waals surface area contributed by atoms with Crippen LogP contribution >= 0.6 is 35.0 Å². The summed E-state index contributed by atoms with van der Waals surface area (Å²) in [5.41, 5.74) is 0.478. The lowest BCUT2D eigenvalue weighted by atomic mass is 10.2. The first-order chi connectivity index (χ1) is 13.0. The van der Waals surface area contributed by atoms with Crippen LogP contribution in [0.3, 0.4) is 0 Å². The van der Waals surface area contributed by atoms with Gasteiger partial charge >= 0.3 is 0 Å². The van der Waals surface area contributed by atoms with E-state index in [1.165, 1.54) is 17.8 Å². The van der Waals surface area contributed by atoms with E-state index >= 15 is 0 Å². The van der Waals surface area contributed by atoms with Crippen molar-refractivity contribution in [2.75, 3.05) is 5.32 Å². The van der Waals surface area contributed by atoms with Crippen molar-refractivity contribution in [3.63, 3.8) is 0 Å². The topological polar surface area (TPSA) is 66.0 Å². The summed E-state index contributed by atoms with van der Waals surface area (Å²) in [7, 11) is 0. The first-order valence-corrected chi connectivity index (χ1v) is 9.33. The van der Waals surface area contributed by atoms with Gasteiger partial charge in [-0.25, -0.2) is 0 Å². The highest BCUT2D eigenvalue weighted by atomic mass is 35.5. The number of nitriles is 1. The molecule has 0 radical (unpaired) electrons. The molecule has 2 aromatic carbocycles. The van der Waals surface area contributed by atoms with E-state index in [2.05, 4.69) is 5.32 Å². The third-order valence-electron chi connectivity index (χ3n) is 3.39. The molecule has 0 fully saturated rings. The largest absolute Gasteiger partial charge is 0.450 e. The van der Waals surface area contributed by atoms with Gasteiger partial charge in [-0.2, -0.15) is 5.26 Å². The van der Waals surface area contributed by atoms with Crippen molar-refractivity contribution in [3.05, 3.63) is 82.0 Å². The summed E-state index contributed by atoms with van der Waals surface area (Å²) in [4.78, 5) is 13.2. The lowest BCUT2D eigenvalue weighted by Gasteiger charge is -2.03. The number of anilines is 1.